The first kappa shape index (κ1) is 15.6. The predicted molar refractivity (Wildman–Crippen MR) is 88.9 cm³/mol. The number of allylic oxidation sites excluding steroid dienone is 3. The molecule has 0 aliphatic heterocycles. The van der Waals surface area contributed by atoms with E-state index in [0.717, 1.165) is 0 Å². The van der Waals surface area contributed by atoms with Crippen LogP contribution in [-0.2, 0) is 14.8 Å². The van der Waals surface area contributed by atoms with E-state index in [-0.39, 0.29) is 0 Å². The summed E-state index contributed by atoms with van der Waals surface area (Å²) < 4.78 is 31.2. The van der Waals surface area contributed by atoms with Gasteiger partial charge >= 0.3 is 5.97 Å². The predicted octanol–water partition coefficient (Wildman–Crippen LogP) is 2.88. The van der Waals surface area contributed by atoms with E-state index in [1.54, 1.807) is 43.3 Å². The zero-order valence-electron chi connectivity index (χ0n) is 12.9. The van der Waals surface area contributed by atoms with Crippen molar-refractivity contribution in [3.8, 4) is 0 Å². The summed E-state index contributed by atoms with van der Waals surface area (Å²) in [7, 11) is -2.37. The van der Waals surface area contributed by atoms with Crippen molar-refractivity contribution in [2.45, 2.75) is 18.1 Å². The Kier molecular flexibility index (Phi) is 3.64. The smallest absolute Gasteiger partial charge is 0.338 e. The third kappa shape index (κ3) is 2.30. The van der Waals surface area contributed by atoms with Gasteiger partial charge in [0.1, 0.15) is 4.75 Å². The van der Waals surface area contributed by atoms with Crippen LogP contribution in [0.5, 0.6) is 0 Å². The van der Waals surface area contributed by atoms with E-state index in [0.29, 0.717) is 22.9 Å². The lowest BCUT2D eigenvalue weighted by molar-refractivity contribution is 0.0603. The maximum Gasteiger partial charge on any atom is 0.338 e. The van der Waals surface area contributed by atoms with Gasteiger partial charge in [-0.15, -0.1) is 0 Å². The largest absolute Gasteiger partial charge is 0.465 e. The average molecular weight is 331 g/mol. The van der Waals surface area contributed by atoms with E-state index in [2.05, 4.69) is 0 Å². The van der Waals surface area contributed by atoms with Crippen LogP contribution in [0.1, 0.15) is 23.7 Å². The second kappa shape index (κ2) is 5.38. The minimum Gasteiger partial charge on any atom is -0.465 e. The number of aromatic nitrogens is 1. The number of methoxy groups -OCH3 is 1. The highest BCUT2D eigenvalue weighted by atomic mass is 32.2. The Bertz CT molecular complexity index is 937. The highest BCUT2D eigenvalue weighted by molar-refractivity contribution is 7.91. The van der Waals surface area contributed by atoms with Gasteiger partial charge < -0.3 is 4.74 Å². The summed E-state index contributed by atoms with van der Waals surface area (Å²) in [6, 6.07) is 6.59. The van der Waals surface area contributed by atoms with Gasteiger partial charge in [-0.3, -0.25) is 0 Å². The van der Waals surface area contributed by atoms with E-state index in [9.17, 15) is 13.2 Å². The van der Waals surface area contributed by atoms with E-state index in [1.165, 1.54) is 17.3 Å². The van der Waals surface area contributed by atoms with Crippen molar-refractivity contribution in [3.63, 3.8) is 0 Å². The van der Waals surface area contributed by atoms with Crippen LogP contribution in [-0.4, -0.2) is 30.2 Å². The molecule has 0 saturated heterocycles. The Balaban J connectivity index is 2.20. The number of rotatable bonds is 3. The zero-order valence-corrected chi connectivity index (χ0v) is 13.7. The molecule has 120 valence electrons. The molecular weight excluding hydrogens is 314 g/mol. The van der Waals surface area contributed by atoms with Gasteiger partial charge in [0.15, 0.2) is 0 Å². The third-order valence-corrected chi connectivity index (χ3v) is 6.49. The van der Waals surface area contributed by atoms with Crippen LogP contribution in [0.2, 0.25) is 0 Å². The van der Waals surface area contributed by atoms with Crippen molar-refractivity contribution in [2.24, 2.45) is 0 Å². The SMILES string of the molecule is COC(=O)c1cccc2c1ccn2S(=O)(=O)C1(C)C=CC=CC1. The zero-order chi connectivity index (χ0) is 16.7. The van der Waals surface area contributed by atoms with Crippen molar-refractivity contribution in [1.82, 2.24) is 3.97 Å². The topological polar surface area (TPSA) is 65.4 Å². The first-order valence-corrected chi connectivity index (χ1v) is 8.62. The van der Waals surface area contributed by atoms with Crippen molar-refractivity contribution in [2.75, 3.05) is 7.11 Å². The number of carbonyl (C=O) groups is 1. The van der Waals surface area contributed by atoms with Crippen molar-refractivity contribution >= 4 is 26.9 Å². The number of esters is 1. The van der Waals surface area contributed by atoms with Crippen molar-refractivity contribution < 1.29 is 17.9 Å². The summed E-state index contributed by atoms with van der Waals surface area (Å²) in [5.41, 5.74) is 0.820. The van der Waals surface area contributed by atoms with Gasteiger partial charge in [-0.2, -0.15) is 0 Å². The Hall–Kier alpha value is -2.34. The van der Waals surface area contributed by atoms with Crippen molar-refractivity contribution in [3.05, 3.63) is 60.3 Å². The van der Waals surface area contributed by atoms with Gasteiger partial charge in [0.25, 0.3) is 0 Å². The van der Waals surface area contributed by atoms with Gasteiger partial charge in [0.2, 0.25) is 10.0 Å². The Morgan fingerprint density at radius 3 is 2.70 bits per heavy atom. The lowest BCUT2D eigenvalue weighted by Gasteiger charge is -2.27. The fourth-order valence-electron chi connectivity index (χ4n) is 2.76. The summed E-state index contributed by atoms with van der Waals surface area (Å²) in [6.07, 6.45) is 9.00. The number of hydrogen-bond acceptors (Lipinski definition) is 4. The first-order valence-electron chi connectivity index (χ1n) is 7.18. The molecule has 1 unspecified atom stereocenters. The summed E-state index contributed by atoms with van der Waals surface area (Å²) in [4.78, 5) is 11.8. The molecule has 0 N–H and O–H groups in total. The van der Waals surface area contributed by atoms with Gasteiger partial charge in [-0.25, -0.2) is 17.2 Å². The summed E-state index contributed by atoms with van der Waals surface area (Å²) in [5.74, 6) is -0.488. The van der Waals surface area contributed by atoms with E-state index in [4.69, 9.17) is 4.74 Å². The molecule has 1 aromatic heterocycles. The number of nitrogens with zero attached hydrogens (tertiary/aromatic N) is 1. The van der Waals surface area contributed by atoms with Crippen LogP contribution >= 0.6 is 0 Å². The van der Waals surface area contributed by atoms with Gasteiger partial charge in [-0.05, 0) is 31.5 Å². The van der Waals surface area contributed by atoms with Crippen LogP contribution in [0.15, 0.2) is 54.8 Å². The molecule has 0 amide bonds. The molecule has 1 aromatic carbocycles. The summed E-state index contributed by atoms with van der Waals surface area (Å²) >= 11 is 0. The molecular formula is C17H17NO4S. The quantitative estimate of drug-likeness (QED) is 0.811. The van der Waals surface area contributed by atoms with Crippen LogP contribution in [0.4, 0.5) is 0 Å². The highest BCUT2D eigenvalue weighted by Crippen LogP contribution is 2.32. The van der Waals surface area contributed by atoms with Crippen LogP contribution < -0.4 is 0 Å². The molecule has 2 aromatic rings. The molecule has 1 heterocycles. The second-order valence-electron chi connectivity index (χ2n) is 5.65. The Morgan fingerprint density at radius 1 is 1.26 bits per heavy atom. The number of benzene rings is 1. The molecule has 0 spiro atoms. The van der Waals surface area contributed by atoms with Gasteiger partial charge in [0, 0.05) is 11.6 Å². The van der Waals surface area contributed by atoms with Crippen LogP contribution in [0, 0.1) is 0 Å². The van der Waals surface area contributed by atoms with E-state index in [1.807, 2.05) is 12.2 Å². The lowest BCUT2D eigenvalue weighted by atomic mass is 10.0. The molecule has 0 bridgehead atoms. The van der Waals surface area contributed by atoms with Gasteiger partial charge in [0.05, 0.1) is 18.2 Å². The minimum atomic E-state index is -3.67. The third-order valence-electron chi connectivity index (χ3n) is 4.17. The normalized spacial score (nSPS) is 20.8. The fourth-order valence-corrected chi connectivity index (χ4v) is 4.41. The molecule has 0 saturated carbocycles. The molecule has 1 aliphatic rings. The average Bonchev–Trinajstić information content (AvgIpc) is 2.99. The maximum atomic E-state index is 13.1. The van der Waals surface area contributed by atoms with Gasteiger partial charge in [-0.1, -0.05) is 30.4 Å². The standard InChI is InChI=1S/C17H17NO4S/c1-17(10-4-3-5-11-17)23(20,21)18-12-9-13-14(16(19)22-2)7-6-8-15(13)18/h3-10,12H,11H2,1-2H3. The Labute approximate surface area is 134 Å². The highest BCUT2D eigenvalue weighted by Gasteiger charge is 2.38. The monoisotopic (exact) mass is 331 g/mol. The molecule has 0 radical (unpaired) electrons. The van der Waals surface area contributed by atoms with E-state index < -0.39 is 20.7 Å². The van der Waals surface area contributed by atoms with Crippen LogP contribution in [0.25, 0.3) is 10.9 Å². The second-order valence-corrected chi connectivity index (χ2v) is 7.93. The maximum absolute atomic E-state index is 13.1. The molecule has 6 heteroatoms. The summed E-state index contributed by atoms with van der Waals surface area (Å²) in [5, 5.41) is 0.557. The fraction of sp³-hybridized carbons (Fsp3) is 0.235. The molecule has 3 rings (SSSR count). The minimum absolute atomic E-state index is 0.350. The number of hydrogen-bond donors (Lipinski definition) is 0. The molecule has 1 aliphatic carbocycles. The molecule has 5 nitrogen and oxygen atoms in total. The molecule has 23 heavy (non-hydrogen) atoms. The van der Waals surface area contributed by atoms with Crippen molar-refractivity contribution in [1.29, 1.82) is 0 Å². The number of ether oxygens (including phenoxy) is 1. The Morgan fingerprint density at radius 2 is 2.04 bits per heavy atom. The van der Waals surface area contributed by atoms with E-state index >= 15 is 0 Å². The number of carbonyl (C=O) groups excluding carboxylic acids is 1. The first-order chi connectivity index (χ1) is 10.9. The molecule has 1 atom stereocenters. The lowest BCUT2D eigenvalue weighted by Crippen LogP contribution is -2.37. The number of fused-ring (bicyclic) bond motifs is 1. The summed E-state index contributed by atoms with van der Waals surface area (Å²) in [6.45, 7) is 1.69. The molecule has 0 fully saturated rings. The van der Waals surface area contributed by atoms with Crippen LogP contribution in [0.3, 0.4) is 0 Å².